The third-order valence-corrected chi connectivity index (χ3v) is 5.66. The number of sulfone groups is 1. The fourth-order valence-electron chi connectivity index (χ4n) is 2.49. The van der Waals surface area contributed by atoms with Crippen LogP contribution in [-0.4, -0.2) is 50.4 Å². The Labute approximate surface area is 130 Å². The molecule has 7 heteroatoms. The molecule has 1 aromatic rings. The first kappa shape index (κ1) is 16.9. The van der Waals surface area contributed by atoms with E-state index in [1.54, 1.807) is 24.1 Å². The van der Waals surface area contributed by atoms with Crippen molar-refractivity contribution < 1.29 is 17.6 Å². The molecule has 2 rings (SSSR count). The Morgan fingerprint density at radius 1 is 1.36 bits per heavy atom. The average molecular weight is 328 g/mol. The molecule has 122 valence electrons. The Balaban J connectivity index is 1.70. The lowest BCUT2D eigenvalue weighted by atomic mass is 10.2. The summed E-state index contributed by atoms with van der Waals surface area (Å²) >= 11 is 0. The van der Waals surface area contributed by atoms with E-state index >= 15 is 0 Å². The predicted molar refractivity (Wildman–Crippen MR) is 82.6 cm³/mol. The summed E-state index contributed by atoms with van der Waals surface area (Å²) < 4.78 is 35.6. The number of carbonyl (C=O) groups is 1. The molecule has 1 N–H and O–H groups in total. The molecule has 0 spiro atoms. The minimum atomic E-state index is -2.98. The Kier molecular flexibility index (Phi) is 5.52. The first-order valence-electron chi connectivity index (χ1n) is 7.28. The Hall–Kier alpha value is -1.47. The Morgan fingerprint density at radius 3 is 2.64 bits per heavy atom. The van der Waals surface area contributed by atoms with Crippen molar-refractivity contribution in [3.05, 3.63) is 35.6 Å². The van der Waals surface area contributed by atoms with Crippen LogP contribution in [0, 0.1) is 5.82 Å². The number of nitrogens with one attached hydrogen (secondary N) is 1. The van der Waals surface area contributed by atoms with Crippen LogP contribution in [0.5, 0.6) is 0 Å². The zero-order valence-electron chi connectivity index (χ0n) is 12.6. The summed E-state index contributed by atoms with van der Waals surface area (Å²) in [6, 6.07) is 5.99. The van der Waals surface area contributed by atoms with Gasteiger partial charge >= 0.3 is 0 Å². The van der Waals surface area contributed by atoms with Gasteiger partial charge in [-0.1, -0.05) is 12.1 Å². The normalized spacial score (nSPS) is 20.0. The number of hydrogen-bond acceptors (Lipinski definition) is 4. The molecule has 1 unspecified atom stereocenters. The molecule has 1 amide bonds. The third-order valence-electron chi connectivity index (χ3n) is 3.91. The molecule has 5 nitrogen and oxygen atoms in total. The predicted octanol–water partition coefficient (Wildman–Crippen LogP) is 0.951. The largest absolute Gasteiger partial charge is 0.342 e. The van der Waals surface area contributed by atoms with Crippen LogP contribution in [0.3, 0.4) is 0 Å². The SMILES string of the molecule is CN(C(=O)CCNCc1ccc(F)cc1)C1CCS(=O)(=O)C1. The number of hydrogen-bond donors (Lipinski definition) is 1. The summed E-state index contributed by atoms with van der Waals surface area (Å²) in [7, 11) is -1.32. The van der Waals surface area contributed by atoms with Crippen molar-refractivity contribution >= 4 is 15.7 Å². The number of benzene rings is 1. The van der Waals surface area contributed by atoms with Crippen molar-refractivity contribution in [1.29, 1.82) is 0 Å². The van der Waals surface area contributed by atoms with E-state index in [0.717, 1.165) is 5.56 Å². The lowest BCUT2D eigenvalue weighted by Gasteiger charge is -2.23. The van der Waals surface area contributed by atoms with Crippen molar-refractivity contribution in [2.75, 3.05) is 25.1 Å². The highest BCUT2D eigenvalue weighted by Gasteiger charge is 2.32. The van der Waals surface area contributed by atoms with Gasteiger partial charge in [0.2, 0.25) is 5.91 Å². The molecule has 1 aromatic carbocycles. The highest BCUT2D eigenvalue weighted by atomic mass is 32.2. The van der Waals surface area contributed by atoms with Gasteiger partial charge in [-0.05, 0) is 24.1 Å². The Bertz CT molecular complexity index is 616. The summed E-state index contributed by atoms with van der Waals surface area (Å²) in [4.78, 5) is 13.6. The van der Waals surface area contributed by atoms with Crippen LogP contribution in [0.4, 0.5) is 4.39 Å². The van der Waals surface area contributed by atoms with Crippen LogP contribution < -0.4 is 5.32 Å². The second-order valence-corrected chi connectivity index (χ2v) is 7.84. The van der Waals surface area contributed by atoms with Crippen molar-refractivity contribution in [2.45, 2.75) is 25.4 Å². The summed E-state index contributed by atoms with van der Waals surface area (Å²) in [6.45, 7) is 1.06. The van der Waals surface area contributed by atoms with Crippen molar-refractivity contribution in [1.82, 2.24) is 10.2 Å². The molecule has 22 heavy (non-hydrogen) atoms. The molecule has 1 fully saturated rings. The number of halogens is 1. The molecular weight excluding hydrogens is 307 g/mol. The van der Waals surface area contributed by atoms with Gasteiger partial charge in [0.1, 0.15) is 5.82 Å². The van der Waals surface area contributed by atoms with Crippen molar-refractivity contribution in [3.8, 4) is 0 Å². The molecule has 1 saturated heterocycles. The van der Waals surface area contributed by atoms with Crippen LogP contribution >= 0.6 is 0 Å². The van der Waals surface area contributed by atoms with Crippen LogP contribution in [0.15, 0.2) is 24.3 Å². The molecule has 1 heterocycles. The smallest absolute Gasteiger partial charge is 0.223 e. The summed E-state index contributed by atoms with van der Waals surface area (Å²) in [5.41, 5.74) is 0.948. The van der Waals surface area contributed by atoms with Crippen molar-refractivity contribution in [2.24, 2.45) is 0 Å². The van der Waals surface area contributed by atoms with Gasteiger partial charge in [0, 0.05) is 32.6 Å². The lowest BCUT2D eigenvalue weighted by Crippen LogP contribution is -2.39. The highest BCUT2D eigenvalue weighted by Crippen LogP contribution is 2.17. The van der Waals surface area contributed by atoms with E-state index in [-0.39, 0.29) is 29.3 Å². The summed E-state index contributed by atoms with van der Waals surface area (Å²) in [5.74, 6) is -0.100. The monoisotopic (exact) mass is 328 g/mol. The van der Waals surface area contributed by atoms with Gasteiger partial charge in [0.25, 0.3) is 0 Å². The first-order chi connectivity index (χ1) is 10.4. The van der Waals surface area contributed by atoms with Crippen LogP contribution in [0.25, 0.3) is 0 Å². The van der Waals surface area contributed by atoms with E-state index in [2.05, 4.69) is 5.32 Å². The van der Waals surface area contributed by atoms with Gasteiger partial charge < -0.3 is 10.2 Å². The average Bonchev–Trinajstić information content (AvgIpc) is 2.84. The lowest BCUT2D eigenvalue weighted by molar-refractivity contribution is -0.131. The standard InChI is InChI=1S/C15H21FN2O3S/c1-18(14-7-9-22(20,21)11-14)15(19)6-8-17-10-12-2-4-13(16)5-3-12/h2-5,14,17H,6-11H2,1H3. The van der Waals surface area contributed by atoms with E-state index in [4.69, 9.17) is 0 Å². The Morgan fingerprint density at radius 2 is 2.05 bits per heavy atom. The molecule has 0 aromatic heterocycles. The maximum absolute atomic E-state index is 12.8. The first-order valence-corrected chi connectivity index (χ1v) is 9.11. The van der Waals surface area contributed by atoms with Gasteiger partial charge in [-0.15, -0.1) is 0 Å². The summed E-state index contributed by atoms with van der Waals surface area (Å²) in [5, 5.41) is 3.13. The zero-order chi connectivity index (χ0) is 16.2. The van der Waals surface area contributed by atoms with E-state index in [9.17, 15) is 17.6 Å². The molecule has 0 bridgehead atoms. The molecule has 0 aliphatic carbocycles. The van der Waals surface area contributed by atoms with Gasteiger partial charge in [-0.25, -0.2) is 12.8 Å². The zero-order valence-corrected chi connectivity index (χ0v) is 13.4. The van der Waals surface area contributed by atoms with Crippen LogP contribution in [0.1, 0.15) is 18.4 Å². The summed E-state index contributed by atoms with van der Waals surface area (Å²) in [6.07, 6.45) is 0.835. The van der Waals surface area contributed by atoms with Crippen LogP contribution in [-0.2, 0) is 21.2 Å². The highest BCUT2D eigenvalue weighted by molar-refractivity contribution is 7.91. The van der Waals surface area contributed by atoms with Gasteiger partial charge in [0.05, 0.1) is 11.5 Å². The van der Waals surface area contributed by atoms with Gasteiger partial charge in [-0.2, -0.15) is 0 Å². The topological polar surface area (TPSA) is 66.5 Å². The second kappa shape index (κ2) is 7.19. The molecule has 1 atom stereocenters. The minimum absolute atomic E-state index is 0.0614. The molecule has 1 aliphatic rings. The van der Waals surface area contributed by atoms with E-state index in [0.29, 0.717) is 25.9 Å². The molecule has 0 radical (unpaired) electrons. The second-order valence-electron chi connectivity index (χ2n) is 5.61. The van der Waals surface area contributed by atoms with E-state index in [1.165, 1.54) is 12.1 Å². The van der Waals surface area contributed by atoms with Crippen molar-refractivity contribution in [3.63, 3.8) is 0 Å². The fourth-order valence-corrected chi connectivity index (χ4v) is 4.27. The minimum Gasteiger partial charge on any atom is -0.342 e. The van der Waals surface area contributed by atoms with E-state index in [1.807, 2.05) is 0 Å². The maximum atomic E-state index is 12.8. The maximum Gasteiger partial charge on any atom is 0.223 e. The quantitative estimate of drug-likeness (QED) is 0.790. The number of carbonyl (C=O) groups excluding carboxylic acids is 1. The molecular formula is C15H21FN2O3S. The van der Waals surface area contributed by atoms with Gasteiger partial charge in [0.15, 0.2) is 9.84 Å². The number of rotatable bonds is 6. The number of nitrogens with zero attached hydrogens (tertiary/aromatic N) is 1. The molecule has 1 aliphatic heterocycles. The van der Waals surface area contributed by atoms with Crippen LogP contribution in [0.2, 0.25) is 0 Å². The molecule has 0 saturated carbocycles. The number of amides is 1. The van der Waals surface area contributed by atoms with E-state index < -0.39 is 9.84 Å². The van der Waals surface area contributed by atoms with Gasteiger partial charge in [-0.3, -0.25) is 4.79 Å². The third kappa shape index (κ3) is 4.78. The fraction of sp³-hybridized carbons (Fsp3) is 0.533.